The van der Waals surface area contributed by atoms with Gasteiger partial charge in [0.2, 0.25) is 0 Å². The molecule has 0 radical (unpaired) electrons. The summed E-state index contributed by atoms with van der Waals surface area (Å²) in [6, 6.07) is 6.90. The molecule has 0 aliphatic heterocycles. The van der Waals surface area contributed by atoms with Gasteiger partial charge in [-0.05, 0) is 31.0 Å². The van der Waals surface area contributed by atoms with Gasteiger partial charge in [0.1, 0.15) is 11.9 Å². The lowest BCUT2D eigenvalue weighted by atomic mass is 10.2. The highest BCUT2D eigenvalue weighted by molar-refractivity contribution is 5.49. The Labute approximate surface area is 76.0 Å². The van der Waals surface area contributed by atoms with Crippen molar-refractivity contribution in [1.29, 1.82) is 5.26 Å². The monoisotopic (exact) mass is 176 g/mol. The van der Waals surface area contributed by atoms with E-state index in [4.69, 9.17) is 5.26 Å². The minimum absolute atomic E-state index is 0.0985. The van der Waals surface area contributed by atoms with Gasteiger partial charge < -0.3 is 5.32 Å². The van der Waals surface area contributed by atoms with Crippen molar-refractivity contribution >= 4 is 5.69 Å². The first kappa shape index (κ1) is 8.06. The Morgan fingerprint density at radius 1 is 1.46 bits per heavy atom. The Bertz CT molecular complexity index is 364. The van der Waals surface area contributed by atoms with Gasteiger partial charge in [-0.25, -0.2) is 4.39 Å². The predicted molar refractivity (Wildman–Crippen MR) is 47.8 cm³/mol. The molecule has 0 saturated heterocycles. The van der Waals surface area contributed by atoms with E-state index in [0.29, 0.717) is 6.04 Å². The number of halogens is 1. The van der Waals surface area contributed by atoms with Crippen LogP contribution >= 0.6 is 0 Å². The van der Waals surface area contributed by atoms with Crippen LogP contribution < -0.4 is 5.32 Å². The highest BCUT2D eigenvalue weighted by Crippen LogP contribution is 2.25. The van der Waals surface area contributed by atoms with Crippen LogP contribution in [0.4, 0.5) is 10.1 Å². The lowest BCUT2D eigenvalue weighted by Crippen LogP contribution is -2.01. The van der Waals surface area contributed by atoms with E-state index in [0.717, 1.165) is 18.5 Å². The molecule has 0 amide bonds. The van der Waals surface area contributed by atoms with E-state index < -0.39 is 5.82 Å². The number of nitriles is 1. The largest absolute Gasteiger partial charge is 0.382 e. The summed E-state index contributed by atoms with van der Waals surface area (Å²) in [5.41, 5.74) is 0.861. The van der Waals surface area contributed by atoms with Crippen LogP contribution in [0.15, 0.2) is 18.2 Å². The molecule has 0 spiro atoms. The highest BCUT2D eigenvalue weighted by atomic mass is 19.1. The van der Waals surface area contributed by atoms with Gasteiger partial charge in [-0.1, -0.05) is 0 Å². The van der Waals surface area contributed by atoms with Crippen LogP contribution in [0.3, 0.4) is 0 Å². The molecule has 0 atom stereocenters. The van der Waals surface area contributed by atoms with E-state index in [1.807, 2.05) is 0 Å². The summed E-state index contributed by atoms with van der Waals surface area (Å²) in [7, 11) is 0. The number of anilines is 1. The third-order valence-electron chi connectivity index (χ3n) is 2.04. The van der Waals surface area contributed by atoms with Gasteiger partial charge in [-0.15, -0.1) is 0 Å². The normalized spacial score (nSPS) is 15.1. The summed E-state index contributed by atoms with van der Waals surface area (Å²) in [5, 5.41) is 11.7. The predicted octanol–water partition coefficient (Wildman–Crippen LogP) is 2.27. The Morgan fingerprint density at radius 3 is 2.77 bits per heavy atom. The van der Waals surface area contributed by atoms with Gasteiger partial charge >= 0.3 is 0 Å². The summed E-state index contributed by atoms with van der Waals surface area (Å²) in [4.78, 5) is 0. The summed E-state index contributed by atoms with van der Waals surface area (Å²) in [5.74, 6) is -0.451. The maximum atomic E-state index is 13.1. The van der Waals surface area contributed by atoms with Gasteiger partial charge in [0.25, 0.3) is 0 Å². The van der Waals surface area contributed by atoms with Gasteiger partial charge in [0.15, 0.2) is 0 Å². The molecular formula is C10H9FN2. The maximum Gasteiger partial charge on any atom is 0.143 e. The molecule has 2 nitrogen and oxygen atoms in total. The second-order valence-corrected chi connectivity index (χ2v) is 3.23. The summed E-state index contributed by atoms with van der Waals surface area (Å²) in [6.07, 6.45) is 2.31. The van der Waals surface area contributed by atoms with E-state index in [1.165, 1.54) is 12.1 Å². The van der Waals surface area contributed by atoms with Gasteiger partial charge in [-0.3, -0.25) is 0 Å². The zero-order chi connectivity index (χ0) is 9.26. The summed E-state index contributed by atoms with van der Waals surface area (Å²) < 4.78 is 13.1. The van der Waals surface area contributed by atoms with E-state index in [9.17, 15) is 4.39 Å². The van der Waals surface area contributed by atoms with Gasteiger partial charge in [-0.2, -0.15) is 5.26 Å². The molecule has 3 heteroatoms. The fourth-order valence-corrected chi connectivity index (χ4v) is 1.16. The van der Waals surface area contributed by atoms with Crippen LogP contribution in [-0.4, -0.2) is 6.04 Å². The quantitative estimate of drug-likeness (QED) is 0.750. The molecule has 0 heterocycles. The number of nitrogens with one attached hydrogen (secondary N) is 1. The van der Waals surface area contributed by atoms with Crippen molar-refractivity contribution in [3.8, 4) is 6.07 Å². The minimum Gasteiger partial charge on any atom is -0.382 e. The number of benzene rings is 1. The standard InChI is InChI=1S/C10H9FN2/c11-10-5-9(13-8-3-4-8)2-1-7(10)6-12/h1-2,5,8,13H,3-4H2. The van der Waals surface area contributed by atoms with Crippen molar-refractivity contribution in [3.63, 3.8) is 0 Å². The van der Waals surface area contributed by atoms with Crippen LogP contribution in [-0.2, 0) is 0 Å². The first-order valence-corrected chi connectivity index (χ1v) is 4.26. The van der Waals surface area contributed by atoms with E-state index in [-0.39, 0.29) is 5.56 Å². The molecule has 1 saturated carbocycles. The van der Waals surface area contributed by atoms with Crippen LogP contribution in [0.25, 0.3) is 0 Å². The molecule has 0 bridgehead atoms. The number of nitrogens with zero attached hydrogens (tertiary/aromatic N) is 1. The third-order valence-corrected chi connectivity index (χ3v) is 2.04. The molecule has 1 aromatic rings. The zero-order valence-electron chi connectivity index (χ0n) is 7.05. The van der Waals surface area contributed by atoms with Crippen molar-refractivity contribution < 1.29 is 4.39 Å². The van der Waals surface area contributed by atoms with Crippen molar-refractivity contribution in [3.05, 3.63) is 29.6 Å². The highest BCUT2D eigenvalue weighted by Gasteiger charge is 2.20. The lowest BCUT2D eigenvalue weighted by molar-refractivity contribution is 0.624. The van der Waals surface area contributed by atoms with Crippen molar-refractivity contribution in [2.45, 2.75) is 18.9 Å². The van der Waals surface area contributed by atoms with Crippen LogP contribution in [0.5, 0.6) is 0 Å². The number of hydrogen-bond donors (Lipinski definition) is 1. The van der Waals surface area contributed by atoms with Crippen LogP contribution in [0, 0.1) is 17.1 Å². The molecule has 13 heavy (non-hydrogen) atoms. The molecule has 66 valence electrons. The Morgan fingerprint density at radius 2 is 2.23 bits per heavy atom. The first-order valence-electron chi connectivity index (χ1n) is 4.26. The fraction of sp³-hybridized carbons (Fsp3) is 0.300. The molecule has 0 aromatic heterocycles. The van der Waals surface area contributed by atoms with Crippen LogP contribution in [0.2, 0.25) is 0 Å². The molecule has 1 fully saturated rings. The molecule has 2 rings (SSSR count). The first-order chi connectivity index (χ1) is 6.29. The van der Waals surface area contributed by atoms with Crippen LogP contribution in [0.1, 0.15) is 18.4 Å². The van der Waals surface area contributed by atoms with Crippen molar-refractivity contribution in [2.24, 2.45) is 0 Å². The zero-order valence-corrected chi connectivity index (χ0v) is 7.05. The smallest absolute Gasteiger partial charge is 0.143 e. The molecular weight excluding hydrogens is 167 g/mol. The van der Waals surface area contributed by atoms with E-state index in [2.05, 4.69) is 5.32 Å². The second-order valence-electron chi connectivity index (χ2n) is 3.23. The Kier molecular flexibility index (Phi) is 1.90. The second kappa shape index (κ2) is 3.06. The van der Waals surface area contributed by atoms with Crippen molar-refractivity contribution in [1.82, 2.24) is 0 Å². The summed E-state index contributed by atoms with van der Waals surface area (Å²) in [6.45, 7) is 0. The number of hydrogen-bond acceptors (Lipinski definition) is 2. The SMILES string of the molecule is N#Cc1ccc(NC2CC2)cc1F. The van der Waals surface area contributed by atoms with E-state index in [1.54, 1.807) is 12.1 Å². The maximum absolute atomic E-state index is 13.1. The Hall–Kier alpha value is -1.56. The van der Waals surface area contributed by atoms with Gasteiger partial charge in [0.05, 0.1) is 5.56 Å². The molecule has 1 N–H and O–H groups in total. The molecule has 0 unspecified atom stereocenters. The van der Waals surface area contributed by atoms with Gasteiger partial charge in [0, 0.05) is 11.7 Å². The average molecular weight is 176 g/mol. The third kappa shape index (κ3) is 1.78. The number of rotatable bonds is 2. The fourth-order valence-electron chi connectivity index (χ4n) is 1.16. The average Bonchev–Trinajstić information content (AvgIpc) is 2.89. The molecule has 1 aromatic carbocycles. The Balaban J connectivity index is 2.19. The molecule has 1 aliphatic rings. The summed E-state index contributed by atoms with van der Waals surface area (Å²) >= 11 is 0. The van der Waals surface area contributed by atoms with E-state index >= 15 is 0 Å². The van der Waals surface area contributed by atoms with Crippen molar-refractivity contribution in [2.75, 3.05) is 5.32 Å². The minimum atomic E-state index is -0.451. The topological polar surface area (TPSA) is 35.8 Å². The molecule has 1 aliphatic carbocycles. The lowest BCUT2D eigenvalue weighted by Gasteiger charge is -2.03.